The van der Waals surface area contributed by atoms with Crippen molar-refractivity contribution >= 4 is 29.3 Å². The van der Waals surface area contributed by atoms with Crippen molar-refractivity contribution in [2.75, 3.05) is 23.8 Å². The lowest BCUT2D eigenvalue weighted by Crippen LogP contribution is -2.57. The predicted octanol–water partition coefficient (Wildman–Crippen LogP) is 2.69. The van der Waals surface area contributed by atoms with E-state index in [1.54, 1.807) is 24.3 Å². The van der Waals surface area contributed by atoms with Crippen molar-refractivity contribution in [1.29, 1.82) is 0 Å². The molecule has 2 aromatic carbocycles. The van der Waals surface area contributed by atoms with E-state index in [1.165, 1.54) is 12.1 Å². The van der Waals surface area contributed by atoms with Gasteiger partial charge in [-0.2, -0.15) is 0 Å². The second kappa shape index (κ2) is 8.53. The van der Waals surface area contributed by atoms with E-state index in [9.17, 15) is 19.5 Å². The maximum Gasteiger partial charge on any atom is 0.329 e. The highest BCUT2D eigenvalue weighted by Gasteiger charge is 2.41. The van der Waals surface area contributed by atoms with Gasteiger partial charge in [-0.25, -0.2) is 9.59 Å². The van der Waals surface area contributed by atoms with Crippen molar-refractivity contribution in [3.05, 3.63) is 60.2 Å². The molecule has 146 valence electrons. The average Bonchev–Trinajstić information content (AvgIpc) is 2.70. The summed E-state index contributed by atoms with van der Waals surface area (Å²) < 4.78 is 5.20. The van der Waals surface area contributed by atoms with Crippen LogP contribution in [0.15, 0.2) is 54.6 Å². The second-order valence-electron chi connectivity index (χ2n) is 6.48. The van der Waals surface area contributed by atoms with Gasteiger partial charge in [0, 0.05) is 43.0 Å². The first-order valence-electron chi connectivity index (χ1n) is 8.85. The highest BCUT2D eigenvalue weighted by atomic mass is 16.5. The number of ether oxygens (including phenoxy) is 1. The van der Waals surface area contributed by atoms with Crippen molar-refractivity contribution in [1.82, 2.24) is 5.32 Å². The molecular weight excluding hydrogens is 362 g/mol. The van der Waals surface area contributed by atoms with Gasteiger partial charge in [-0.1, -0.05) is 18.2 Å². The zero-order chi connectivity index (χ0) is 20.0. The molecule has 3 amide bonds. The number of urea groups is 1. The summed E-state index contributed by atoms with van der Waals surface area (Å²) in [6, 6.07) is 14.8. The zero-order valence-electron chi connectivity index (χ0n) is 15.1. The summed E-state index contributed by atoms with van der Waals surface area (Å²) in [5, 5.41) is 17.5. The molecule has 0 bridgehead atoms. The standard InChI is InChI=1S/C20H21N3O5/c24-17(23-20(18(25)26)10-12-28-13-11-20)14-6-8-16(9-7-14)22-19(27)21-15-4-2-1-3-5-15/h1-9H,10-13H2,(H,23,24)(H,25,26)(H2,21,22,27). The first-order chi connectivity index (χ1) is 13.5. The molecule has 8 nitrogen and oxygen atoms in total. The average molecular weight is 383 g/mol. The molecule has 1 aliphatic heterocycles. The summed E-state index contributed by atoms with van der Waals surface area (Å²) in [7, 11) is 0. The summed E-state index contributed by atoms with van der Waals surface area (Å²) in [5.41, 5.74) is 0.151. The number of benzene rings is 2. The Labute approximate surface area is 161 Å². The fourth-order valence-corrected chi connectivity index (χ4v) is 2.92. The number of anilines is 2. The molecular formula is C20H21N3O5. The lowest BCUT2D eigenvalue weighted by molar-refractivity contribution is -0.148. The van der Waals surface area contributed by atoms with E-state index in [2.05, 4.69) is 16.0 Å². The van der Waals surface area contributed by atoms with Gasteiger partial charge in [0.05, 0.1) is 0 Å². The molecule has 2 aromatic rings. The number of hydrogen-bond donors (Lipinski definition) is 4. The molecule has 0 radical (unpaired) electrons. The Bertz CT molecular complexity index is 846. The minimum atomic E-state index is -1.32. The minimum Gasteiger partial charge on any atom is -0.480 e. The normalized spacial score (nSPS) is 15.3. The lowest BCUT2D eigenvalue weighted by atomic mass is 9.89. The molecule has 0 atom stereocenters. The number of carboxylic acids is 1. The van der Waals surface area contributed by atoms with Crippen LogP contribution in [0.2, 0.25) is 0 Å². The van der Waals surface area contributed by atoms with Crippen LogP contribution in [0, 0.1) is 0 Å². The first-order valence-corrected chi connectivity index (χ1v) is 8.85. The Morgan fingerprint density at radius 1 is 0.857 bits per heavy atom. The van der Waals surface area contributed by atoms with Crippen LogP contribution in [0.5, 0.6) is 0 Å². The SMILES string of the molecule is O=C(Nc1ccccc1)Nc1ccc(C(=O)NC2(C(=O)O)CCOCC2)cc1. The van der Waals surface area contributed by atoms with Gasteiger partial charge in [0.1, 0.15) is 5.54 Å². The number of amides is 3. The Kier molecular flexibility index (Phi) is 5.90. The van der Waals surface area contributed by atoms with E-state index >= 15 is 0 Å². The number of carbonyl (C=O) groups excluding carboxylic acids is 2. The number of carboxylic acid groups (broad SMARTS) is 1. The van der Waals surface area contributed by atoms with Crippen LogP contribution in [0.3, 0.4) is 0 Å². The van der Waals surface area contributed by atoms with Crippen molar-refractivity contribution in [2.45, 2.75) is 18.4 Å². The summed E-state index contributed by atoms with van der Waals surface area (Å²) >= 11 is 0. The maximum atomic E-state index is 12.5. The number of aliphatic carboxylic acids is 1. The van der Waals surface area contributed by atoms with Gasteiger partial charge >= 0.3 is 12.0 Å². The fraction of sp³-hybridized carbons (Fsp3) is 0.250. The van der Waals surface area contributed by atoms with Crippen LogP contribution in [0.4, 0.5) is 16.2 Å². The third kappa shape index (κ3) is 4.66. The second-order valence-corrected chi connectivity index (χ2v) is 6.48. The van der Waals surface area contributed by atoms with E-state index in [1.807, 2.05) is 18.2 Å². The molecule has 1 saturated heterocycles. The zero-order valence-corrected chi connectivity index (χ0v) is 15.1. The van der Waals surface area contributed by atoms with E-state index < -0.39 is 23.4 Å². The number of carbonyl (C=O) groups is 3. The summed E-state index contributed by atoms with van der Waals surface area (Å²) in [4.78, 5) is 36.1. The summed E-state index contributed by atoms with van der Waals surface area (Å²) in [6.07, 6.45) is 0.431. The number of nitrogens with one attached hydrogen (secondary N) is 3. The first kappa shape index (κ1) is 19.4. The molecule has 1 fully saturated rings. The van der Waals surface area contributed by atoms with Crippen molar-refractivity contribution in [3.63, 3.8) is 0 Å². The van der Waals surface area contributed by atoms with E-state index in [0.29, 0.717) is 16.9 Å². The maximum absolute atomic E-state index is 12.5. The lowest BCUT2D eigenvalue weighted by Gasteiger charge is -2.33. The summed E-state index contributed by atoms with van der Waals surface area (Å²) in [5.74, 6) is -1.55. The fourth-order valence-electron chi connectivity index (χ4n) is 2.92. The molecule has 0 saturated carbocycles. The highest BCUT2D eigenvalue weighted by molar-refractivity contribution is 6.01. The Hall–Kier alpha value is -3.39. The Morgan fingerprint density at radius 3 is 2.00 bits per heavy atom. The third-order valence-electron chi connectivity index (χ3n) is 4.55. The molecule has 3 rings (SSSR count). The highest BCUT2D eigenvalue weighted by Crippen LogP contribution is 2.22. The molecule has 0 spiro atoms. The van der Waals surface area contributed by atoms with Gasteiger partial charge < -0.3 is 25.8 Å². The Balaban J connectivity index is 1.61. The van der Waals surface area contributed by atoms with Crippen molar-refractivity contribution in [3.8, 4) is 0 Å². The van der Waals surface area contributed by atoms with E-state index in [-0.39, 0.29) is 26.1 Å². The van der Waals surface area contributed by atoms with Crippen LogP contribution in [0.1, 0.15) is 23.2 Å². The molecule has 1 heterocycles. The molecule has 8 heteroatoms. The molecule has 4 N–H and O–H groups in total. The quantitative estimate of drug-likeness (QED) is 0.633. The number of rotatable bonds is 5. The van der Waals surface area contributed by atoms with Crippen molar-refractivity contribution in [2.24, 2.45) is 0 Å². The number of para-hydroxylation sites is 1. The monoisotopic (exact) mass is 383 g/mol. The van der Waals surface area contributed by atoms with Gasteiger partial charge in [0.15, 0.2) is 0 Å². The van der Waals surface area contributed by atoms with Crippen LogP contribution >= 0.6 is 0 Å². The molecule has 0 aliphatic carbocycles. The molecule has 0 unspecified atom stereocenters. The van der Waals surface area contributed by atoms with Crippen LogP contribution in [-0.4, -0.2) is 41.8 Å². The van der Waals surface area contributed by atoms with Crippen LogP contribution in [-0.2, 0) is 9.53 Å². The van der Waals surface area contributed by atoms with Crippen LogP contribution < -0.4 is 16.0 Å². The van der Waals surface area contributed by atoms with E-state index in [4.69, 9.17) is 4.74 Å². The van der Waals surface area contributed by atoms with Gasteiger partial charge in [0.25, 0.3) is 5.91 Å². The topological polar surface area (TPSA) is 117 Å². The van der Waals surface area contributed by atoms with Gasteiger partial charge in [-0.15, -0.1) is 0 Å². The minimum absolute atomic E-state index is 0.216. The van der Waals surface area contributed by atoms with E-state index in [0.717, 1.165) is 0 Å². The molecule has 1 aliphatic rings. The van der Waals surface area contributed by atoms with Gasteiger partial charge in [-0.3, -0.25) is 4.79 Å². The predicted molar refractivity (Wildman–Crippen MR) is 103 cm³/mol. The van der Waals surface area contributed by atoms with Crippen LogP contribution in [0.25, 0.3) is 0 Å². The Morgan fingerprint density at radius 2 is 1.43 bits per heavy atom. The van der Waals surface area contributed by atoms with Gasteiger partial charge in [0.2, 0.25) is 0 Å². The molecule has 28 heavy (non-hydrogen) atoms. The van der Waals surface area contributed by atoms with Crippen molar-refractivity contribution < 1.29 is 24.2 Å². The largest absolute Gasteiger partial charge is 0.480 e. The van der Waals surface area contributed by atoms with Gasteiger partial charge in [-0.05, 0) is 36.4 Å². The molecule has 0 aromatic heterocycles. The summed E-state index contributed by atoms with van der Waals surface area (Å²) in [6.45, 7) is 0.567. The smallest absolute Gasteiger partial charge is 0.329 e. The third-order valence-corrected chi connectivity index (χ3v) is 4.55. The number of hydrogen-bond acceptors (Lipinski definition) is 4.